The van der Waals surface area contributed by atoms with Crippen molar-refractivity contribution in [2.75, 3.05) is 10.2 Å². The van der Waals surface area contributed by atoms with Crippen LogP contribution < -0.4 is 10.2 Å². The van der Waals surface area contributed by atoms with Crippen LogP contribution in [0.2, 0.25) is 0 Å². The molecule has 4 heterocycles. The quantitative estimate of drug-likeness (QED) is 0.237. The van der Waals surface area contributed by atoms with Crippen molar-refractivity contribution in [3.8, 4) is 11.4 Å². The monoisotopic (exact) mass is 551 g/mol. The van der Waals surface area contributed by atoms with Crippen molar-refractivity contribution in [2.24, 2.45) is 0 Å². The topological polar surface area (TPSA) is 38.0 Å². The van der Waals surface area contributed by atoms with E-state index in [2.05, 4.69) is 153 Å². The summed E-state index contributed by atoms with van der Waals surface area (Å²) in [7, 11) is 0. The van der Waals surface area contributed by atoms with Crippen LogP contribution in [0.1, 0.15) is 11.7 Å². The largest absolute Gasteiger partial charge is 0.356 e. The molecule has 5 nitrogen and oxygen atoms in total. The second-order valence-corrected chi connectivity index (χ2v) is 10.8. The standard InChI is InChI=1S/C38H25N5/c1-4-12-26(13-5-1)37-40-35-34(22-24-39-38(35)42(37)28-16-8-3-9-17-28)43-33-19-11-10-18-29(33)30-20-21-32-31(36(30)43)23-25-41(32)27-14-6-2-7-15-27/h1-2,4-8,10-25,37,40H. The van der Waals surface area contributed by atoms with E-state index >= 15 is 0 Å². The van der Waals surface area contributed by atoms with Crippen LogP contribution in [0.3, 0.4) is 0 Å². The van der Waals surface area contributed by atoms with Gasteiger partial charge >= 0.3 is 0 Å². The lowest BCUT2D eigenvalue weighted by Gasteiger charge is -2.26. The van der Waals surface area contributed by atoms with Crippen molar-refractivity contribution in [1.29, 1.82) is 0 Å². The molecule has 5 aromatic carbocycles. The average molecular weight is 552 g/mol. The molecule has 0 amide bonds. The van der Waals surface area contributed by atoms with E-state index < -0.39 is 0 Å². The van der Waals surface area contributed by atoms with Gasteiger partial charge in [0.1, 0.15) is 11.9 Å². The van der Waals surface area contributed by atoms with Crippen molar-refractivity contribution < 1.29 is 0 Å². The molecule has 1 aliphatic heterocycles. The molecule has 0 spiro atoms. The molecule has 5 heteroatoms. The molecule has 0 saturated carbocycles. The lowest BCUT2D eigenvalue weighted by atomic mass is 10.1. The minimum atomic E-state index is -0.132. The zero-order valence-corrected chi connectivity index (χ0v) is 23.1. The first-order valence-corrected chi connectivity index (χ1v) is 14.4. The minimum Gasteiger partial charge on any atom is -0.356 e. The Balaban J connectivity index is 1.33. The predicted molar refractivity (Wildman–Crippen MR) is 174 cm³/mol. The van der Waals surface area contributed by atoms with Crippen LogP contribution in [-0.4, -0.2) is 14.1 Å². The van der Waals surface area contributed by atoms with Crippen LogP contribution in [0.5, 0.6) is 0 Å². The van der Waals surface area contributed by atoms with E-state index in [9.17, 15) is 0 Å². The van der Waals surface area contributed by atoms with Gasteiger partial charge < -0.3 is 14.5 Å². The lowest BCUT2D eigenvalue weighted by Crippen LogP contribution is -2.23. The summed E-state index contributed by atoms with van der Waals surface area (Å²) in [6, 6.07) is 50.7. The van der Waals surface area contributed by atoms with Crippen LogP contribution >= 0.6 is 0 Å². The van der Waals surface area contributed by atoms with Gasteiger partial charge in [-0.15, -0.1) is 0 Å². The molecule has 1 unspecified atom stereocenters. The van der Waals surface area contributed by atoms with E-state index in [-0.39, 0.29) is 6.17 Å². The van der Waals surface area contributed by atoms with Crippen LogP contribution in [-0.2, 0) is 0 Å². The normalized spacial score (nSPS) is 14.2. The summed E-state index contributed by atoms with van der Waals surface area (Å²) in [5, 5.41) is 7.52. The molecular weight excluding hydrogens is 526 g/mol. The third-order valence-electron chi connectivity index (χ3n) is 8.49. The molecular formula is C38H25N5. The summed E-state index contributed by atoms with van der Waals surface area (Å²) in [6.07, 6.45) is 3.96. The fraction of sp³-hybridized carbons (Fsp3) is 0.0263. The number of nitrogens with zero attached hydrogens (tertiary/aromatic N) is 4. The Labute approximate surface area is 248 Å². The number of benzene rings is 4. The summed E-state index contributed by atoms with van der Waals surface area (Å²) in [5.74, 6) is 0.880. The maximum atomic E-state index is 4.95. The fourth-order valence-electron chi connectivity index (χ4n) is 6.64. The molecule has 8 aromatic rings. The minimum absolute atomic E-state index is 0.132. The Morgan fingerprint density at radius 1 is 0.651 bits per heavy atom. The first kappa shape index (κ1) is 23.7. The zero-order chi connectivity index (χ0) is 28.3. The summed E-state index contributed by atoms with van der Waals surface area (Å²) < 4.78 is 4.67. The number of hydrogen-bond acceptors (Lipinski definition) is 3. The molecule has 0 radical (unpaired) electrons. The number of hydrogen-bond donors (Lipinski definition) is 1. The van der Waals surface area contributed by atoms with Gasteiger partial charge in [-0.1, -0.05) is 84.9 Å². The molecule has 9 rings (SSSR count). The van der Waals surface area contributed by atoms with Gasteiger partial charge in [0.05, 0.1) is 27.9 Å². The molecule has 0 aliphatic carbocycles. The number of fused-ring (bicyclic) bond motifs is 6. The molecule has 1 aliphatic rings. The molecule has 0 saturated heterocycles. The Bertz CT molecular complexity index is 2270. The second-order valence-electron chi connectivity index (χ2n) is 10.8. The van der Waals surface area contributed by atoms with E-state index in [4.69, 9.17) is 4.98 Å². The van der Waals surface area contributed by atoms with Crippen LogP contribution in [0.15, 0.2) is 140 Å². The highest BCUT2D eigenvalue weighted by Crippen LogP contribution is 2.48. The third kappa shape index (κ3) is 3.51. The Hall–Kier alpha value is -5.99. The third-order valence-corrected chi connectivity index (χ3v) is 8.49. The van der Waals surface area contributed by atoms with Gasteiger partial charge in [0.25, 0.3) is 0 Å². The molecule has 202 valence electrons. The van der Waals surface area contributed by atoms with E-state index in [1.54, 1.807) is 0 Å². The molecule has 3 aromatic heterocycles. The van der Waals surface area contributed by atoms with Gasteiger partial charge in [-0.25, -0.2) is 4.98 Å². The maximum Gasteiger partial charge on any atom is 0.160 e. The highest BCUT2D eigenvalue weighted by Gasteiger charge is 2.35. The molecule has 1 N–H and O–H groups in total. The number of anilines is 3. The SMILES string of the molecule is c1ccc(N2c3nccc(-n4c5ccccc5c5ccc6c(ccn6-c6ccccc6)c54)c3NC2c2ccccc2)cc#1. The Morgan fingerprint density at radius 3 is 2.30 bits per heavy atom. The first-order chi connectivity index (χ1) is 21.4. The van der Waals surface area contributed by atoms with E-state index in [0.717, 1.165) is 39.6 Å². The van der Waals surface area contributed by atoms with Crippen molar-refractivity contribution in [2.45, 2.75) is 6.17 Å². The molecule has 0 fully saturated rings. The highest BCUT2D eigenvalue weighted by atomic mass is 15.4. The van der Waals surface area contributed by atoms with E-state index in [1.165, 1.54) is 27.2 Å². The summed E-state index contributed by atoms with van der Waals surface area (Å²) >= 11 is 0. The molecule has 0 bridgehead atoms. The number of nitrogens with one attached hydrogen (secondary N) is 1. The van der Waals surface area contributed by atoms with Gasteiger partial charge in [0.2, 0.25) is 0 Å². The van der Waals surface area contributed by atoms with Crippen molar-refractivity contribution in [1.82, 2.24) is 14.1 Å². The smallest absolute Gasteiger partial charge is 0.160 e. The number of para-hydroxylation sites is 2. The Morgan fingerprint density at radius 2 is 1.47 bits per heavy atom. The van der Waals surface area contributed by atoms with Gasteiger partial charge in [-0.05, 0) is 54.1 Å². The average Bonchev–Trinajstić information content (AvgIpc) is 3.78. The molecule has 1 atom stereocenters. The van der Waals surface area contributed by atoms with Gasteiger partial charge in [0.15, 0.2) is 5.82 Å². The fourth-order valence-corrected chi connectivity index (χ4v) is 6.64. The lowest BCUT2D eigenvalue weighted by molar-refractivity contribution is 0.820. The highest BCUT2D eigenvalue weighted by molar-refractivity contribution is 6.19. The second kappa shape index (κ2) is 9.27. The first-order valence-electron chi connectivity index (χ1n) is 14.4. The number of pyridine rings is 1. The maximum absolute atomic E-state index is 4.95. The van der Waals surface area contributed by atoms with Crippen LogP contribution in [0.4, 0.5) is 17.2 Å². The summed E-state index contributed by atoms with van der Waals surface area (Å²) in [4.78, 5) is 7.21. The van der Waals surface area contributed by atoms with Gasteiger partial charge in [-0.2, -0.15) is 0 Å². The van der Waals surface area contributed by atoms with E-state index in [0.29, 0.717) is 0 Å². The van der Waals surface area contributed by atoms with Gasteiger partial charge in [0, 0.05) is 40.3 Å². The van der Waals surface area contributed by atoms with E-state index in [1.807, 2.05) is 18.3 Å². The van der Waals surface area contributed by atoms with Crippen LogP contribution in [0, 0.1) is 12.1 Å². The van der Waals surface area contributed by atoms with Crippen molar-refractivity contribution in [3.05, 3.63) is 157 Å². The van der Waals surface area contributed by atoms with Crippen molar-refractivity contribution in [3.63, 3.8) is 0 Å². The number of aromatic nitrogens is 3. The van der Waals surface area contributed by atoms with Crippen molar-refractivity contribution >= 4 is 49.9 Å². The van der Waals surface area contributed by atoms with Crippen LogP contribution in [0.25, 0.3) is 44.1 Å². The summed E-state index contributed by atoms with van der Waals surface area (Å²) in [6.45, 7) is 0. The van der Waals surface area contributed by atoms with Gasteiger partial charge in [-0.3, -0.25) is 4.90 Å². The summed E-state index contributed by atoms with van der Waals surface area (Å²) in [5.41, 5.74) is 8.87. The Kier molecular flexibility index (Phi) is 5.11. The number of rotatable bonds is 4. The predicted octanol–water partition coefficient (Wildman–Crippen LogP) is 8.99. The zero-order valence-electron chi connectivity index (χ0n) is 23.1. The molecule has 43 heavy (non-hydrogen) atoms.